The molecule has 0 aliphatic rings. The van der Waals surface area contributed by atoms with Crippen molar-refractivity contribution < 1.29 is 9.90 Å². The summed E-state index contributed by atoms with van der Waals surface area (Å²) in [7, 11) is 0. The average Bonchev–Trinajstić information content (AvgIpc) is 2.73. The van der Waals surface area contributed by atoms with E-state index in [9.17, 15) is 9.90 Å². The number of thiophene rings is 1. The van der Waals surface area contributed by atoms with Gasteiger partial charge >= 0.3 is 5.97 Å². The van der Waals surface area contributed by atoms with Crippen LogP contribution in [0.2, 0.25) is 0 Å². The van der Waals surface area contributed by atoms with Crippen LogP contribution < -0.4 is 0 Å². The van der Waals surface area contributed by atoms with E-state index in [4.69, 9.17) is 0 Å². The number of benzene rings is 1. The molecule has 1 heterocycles. The zero-order valence-electron chi connectivity index (χ0n) is 10.5. The maximum Gasteiger partial charge on any atom is 0.346 e. The first-order chi connectivity index (χ1) is 8.58. The van der Waals surface area contributed by atoms with E-state index in [0.29, 0.717) is 10.8 Å². The molecule has 0 saturated heterocycles. The molecule has 2 nitrogen and oxygen atoms in total. The molecule has 94 valence electrons. The van der Waals surface area contributed by atoms with Crippen molar-refractivity contribution in [3.05, 3.63) is 46.8 Å². The molecule has 1 aromatic heterocycles. The van der Waals surface area contributed by atoms with E-state index >= 15 is 0 Å². The second-order valence-corrected chi connectivity index (χ2v) is 5.79. The number of hydrogen-bond donors (Lipinski definition) is 1. The number of carboxylic acid groups (broad SMARTS) is 1. The summed E-state index contributed by atoms with van der Waals surface area (Å²) in [6, 6.07) is 11.9. The van der Waals surface area contributed by atoms with Crippen molar-refractivity contribution >= 4 is 17.3 Å². The molecule has 3 heteroatoms. The Morgan fingerprint density at radius 1 is 1.28 bits per heavy atom. The smallest absolute Gasteiger partial charge is 0.346 e. The van der Waals surface area contributed by atoms with E-state index < -0.39 is 5.97 Å². The van der Waals surface area contributed by atoms with Crippen LogP contribution in [0.3, 0.4) is 0 Å². The van der Waals surface area contributed by atoms with E-state index in [2.05, 4.69) is 13.8 Å². The minimum absolute atomic E-state index is 0.460. The molecule has 2 rings (SSSR count). The number of hydrogen-bond acceptors (Lipinski definition) is 2. The Hall–Kier alpha value is -1.61. The van der Waals surface area contributed by atoms with Crippen molar-refractivity contribution in [2.75, 3.05) is 0 Å². The van der Waals surface area contributed by atoms with Gasteiger partial charge in [-0.1, -0.05) is 44.2 Å². The van der Waals surface area contributed by atoms with E-state index in [-0.39, 0.29) is 0 Å². The largest absolute Gasteiger partial charge is 0.477 e. The molecule has 0 spiro atoms. The molecule has 0 unspecified atom stereocenters. The van der Waals surface area contributed by atoms with Crippen LogP contribution in [0, 0.1) is 5.92 Å². The first-order valence-electron chi connectivity index (χ1n) is 5.99. The van der Waals surface area contributed by atoms with Gasteiger partial charge in [-0.15, -0.1) is 11.3 Å². The average molecular weight is 260 g/mol. The standard InChI is InChI=1S/C15H16O2S/c1-10(2)8-12-9-13(18-14(12)15(16)17)11-6-4-3-5-7-11/h3-7,9-10H,8H2,1-2H3,(H,16,17). The molecule has 1 aromatic carbocycles. The fourth-order valence-corrected chi connectivity index (χ4v) is 2.98. The summed E-state index contributed by atoms with van der Waals surface area (Å²) >= 11 is 1.36. The highest BCUT2D eigenvalue weighted by Crippen LogP contribution is 2.32. The van der Waals surface area contributed by atoms with Crippen LogP contribution in [0.25, 0.3) is 10.4 Å². The Bertz CT molecular complexity index is 541. The summed E-state index contributed by atoms with van der Waals surface area (Å²) in [6.07, 6.45) is 0.810. The lowest BCUT2D eigenvalue weighted by molar-refractivity contribution is 0.0701. The van der Waals surface area contributed by atoms with Crippen molar-refractivity contribution in [1.82, 2.24) is 0 Å². The summed E-state index contributed by atoms with van der Waals surface area (Å²) < 4.78 is 0. The topological polar surface area (TPSA) is 37.3 Å². The lowest BCUT2D eigenvalue weighted by atomic mass is 10.0. The predicted molar refractivity (Wildman–Crippen MR) is 75.3 cm³/mol. The third-order valence-electron chi connectivity index (χ3n) is 2.69. The highest BCUT2D eigenvalue weighted by Gasteiger charge is 2.16. The van der Waals surface area contributed by atoms with Gasteiger partial charge in [-0.25, -0.2) is 4.79 Å². The molecule has 0 aliphatic heterocycles. The van der Waals surface area contributed by atoms with E-state index in [1.54, 1.807) is 0 Å². The lowest BCUT2D eigenvalue weighted by Crippen LogP contribution is -2.00. The third kappa shape index (κ3) is 2.79. The van der Waals surface area contributed by atoms with Gasteiger partial charge in [0, 0.05) is 4.88 Å². The number of carboxylic acids is 1. The number of rotatable bonds is 4. The summed E-state index contributed by atoms with van der Waals surface area (Å²) in [5.41, 5.74) is 2.03. The zero-order chi connectivity index (χ0) is 13.1. The van der Waals surface area contributed by atoms with Gasteiger partial charge in [-0.3, -0.25) is 0 Å². The van der Waals surface area contributed by atoms with Gasteiger partial charge in [-0.2, -0.15) is 0 Å². The van der Waals surface area contributed by atoms with Gasteiger partial charge in [0.05, 0.1) is 0 Å². The van der Waals surface area contributed by atoms with Gasteiger partial charge in [0.15, 0.2) is 0 Å². The molecule has 2 aromatic rings. The molecule has 0 fully saturated rings. The minimum atomic E-state index is -0.821. The summed E-state index contributed by atoms with van der Waals surface area (Å²) in [5, 5.41) is 9.25. The molecular weight excluding hydrogens is 244 g/mol. The van der Waals surface area contributed by atoms with Crippen molar-refractivity contribution in [3.63, 3.8) is 0 Å². The first kappa shape index (κ1) is 12.8. The molecular formula is C15H16O2S. The molecule has 0 atom stereocenters. The quantitative estimate of drug-likeness (QED) is 0.889. The van der Waals surface area contributed by atoms with Gasteiger partial charge in [0.1, 0.15) is 4.88 Å². The molecule has 1 N–H and O–H groups in total. The van der Waals surface area contributed by atoms with Crippen LogP contribution in [-0.4, -0.2) is 11.1 Å². The Morgan fingerprint density at radius 3 is 2.50 bits per heavy atom. The van der Waals surface area contributed by atoms with E-state index in [1.165, 1.54) is 11.3 Å². The van der Waals surface area contributed by atoms with Gasteiger partial charge in [0.25, 0.3) is 0 Å². The summed E-state index contributed by atoms with van der Waals surface area (Å²) in [5.74, 6) is -0.362. The van der Waals surface area contributed by atoms with Crippen molar-refractivity contribution in [1.29, 1.82) is 0 Å². The van der Waals surface area contributed by atoms with E-state index in [1.807, 2.05) is 36.4 Å². The molecule has 0 amide bonds. The fraction of sp³-hybridized carbons (Fsp3) is 0.267. The Labute approximate surface area is 111 Å². The monoisotopic (exact) mass is 260 g/mol. The minimum Gasteiger partial charge on any atom is -0.477 e. The van der Waals surface area contributed by atoms with Crippen LogP contribution >= 0.6 is 11.3 Å². The number of carbonyl (C=O) groups is 1. The van der Waals surface area contributed by atoms with Gasteiger partial charge in [0.2, 0.25) is 0 Å². The number of aromatic carboxylic acids is 1. The highest BCUT2D eigenvalue weighted by atomic mass is 32.1. The molecule has 18 heavy (non-hydrogen) atoms. The molecule has 0 aliphatic carbocycles. The Balaban J connectivity index is 2.42. The SMILES string of the molecule is CC(C)Cc1cc(-c2ccccc2)sc1C(=O)O. The van der Waals surface area contributed by atoms with Crippen molar-refractivity contribution in [3.8, 4) is 10.4 Å². The highest BCUT2D eigenvalue weighted by molar-refractivity contribution is 7.17. The second kappa shape index (κ2) is 5.36. The first-order valence-corrected chi connectivity index (χ1v) is 6.81. The maximum atomic E-state index is 11.3. The Kier molecular flexibility index (Phi) is 3.82. The van der Waals surface area contributed by atoms with Crippen molar-refractivity contribution in [2.24, 2.45) is 5.92 Å². The fourth-order valence-electron chi connectivity index (χ4n) is 1.95. The zero-order valence-corrected chi connectivity index (χ0v) is 11.3. The summed E-state index contributed by atoms with van der Waals surface area (Å²) in [6.45, 7) is 4.21. The summed E-state index contributed by atoms with van der Waals surface area (Å²) in [4.78, 5) is 12.8. The molecule has 0 radical (unpaired) electrons. The van der Waals surface area contributed by atoms with Crippen LogP contribution in [0.1, 0.15) is 29.1 Å². The van der Waals surface area contributed by atoms with Gasteiger partial charge in [-0.05, 0) is 29.5 Å². The third-order valence-corrected chi connectivity index (χ3v) is 3.90. The van der Waals surface area contributed by atoms with Crippen LogP contribution in [0.15, 0.2) is 36.4 Å². The predicted octanol–water partition coefficient (Wildman–Crippen LogP) is 4.31. The molecule has 0 bridgehead atoms. The van der Waals surface area contributed by atoms with Gasteiger partial charge < -0.3 is 5.11 Å². The van der Waals surface area contributed by atoms with E-state index in [0.717, 1.165) is 22.4 Å². The van der Waals surface area contributed by atoms with Crippen LogP contribution in [-0.2, 0) is 6.42 Å². The normalized spacial score (nSPS) is 10.8. The Morgan fingerprint density at radius 2 is 1.94 bits per heavy atom. The maximum absolute atomic E-state index is 11.3. The lowest BCUT2D eigenvalue weighted by Gasteiger charge is -2.02. The second-order valence-electron chi connectivity index (χ2n) is 4.73. The molecule has 0 saturated carbocycles. The van der Waals surface area contributed by atoms with Crippen molar-refractivity contribution in [2.45, 2.75) is 20.3 Å². The van der Waals surface area contributed by atoms with Crippen LogP contribution in [0.4, 0.5) is 0 Å². The van der Waals surface area contributed by atoms with Crippen LogP contribution in [0.5, 0.6) is 0 Å².